The van der Waals surface area contributed by atoms with Crippen LogP contribution < -0.4 is 33.2 Å². The van der Waals surface area contributed by atoms with Gasteiger partial charge in [-0.15, -0.1) is 0 Å². The summed E-state index contributed by atoms with van der Waals surface area (Å²) in [4.78, 5) is 68.2. The maximum Gasteiger partial charge on any atom is 0.323 e. The topological polar surface area (TPSA) is 223 Å². The van der Waals surface area contributed by atoms with Crippen LogP contribution in [0.15, 0.2) is 60.7 Å². The molecule has 4 amide bonds. The number of amides is 4. The van der Waals surface area contributed by atoms with E-state index in [1.807, 2.05) is 74.5 Å². The van der Waals surface area contributed by atoms with E-state index in [0.29, 0.717) is 32.2 Å². The van der Waals surface area contributed by atoms with E-state index in [-0.39, 0.29) is 63.0 Å². The number of nitrogens with zero attached hydrogens (tertiary/aromatic N) is 1. The van der Waals surface area contributed by atoms with Crippen LogP contribution in [0.5, 0.6) is 0 Å². The molecule has 0 aromatic heterocycles. The van der Waals surface area contributed by atoms with Crippen LogP contribution in [-0.2, 0) is 36.8 Å². The lowest BCUT2D eigenvalue weighted by atomic mass is 9.88. The zero-order chi connectivity index (χ0) is 36.7. The molecule has 13 nitrogen and oxygen atoms in total. The van der Waals surface area contributed by atoms with Crippen molar-refractivity contribution >= 4 is 29.6 Å². The maximum atomic E-state index is 14.0. The minimum atomic E-state index is -1.40. The first kappa shape index (κ1) is 40.1. The Kier molecular flexibility index (Phi) is 15.8. The Bertz CT molecular complexity index is 1400. The quantitative estimate of drug-likeness (QED) is 0.104. The van der Waals surface area contributed by atoms with E-state index in [4.69, 9.17) is 17.2 Å². The van der Waals surface area contributed by atoms with Crippen molar-refractivity contribution in [2.75, 3.05) is 26.2 Å². The van der Waals surface area contributed by atoms with Crippen molar-refractivity contribution in [3.8, 4) is 0 Å². The van der Waals surface area contributed by atoms with Crippen LogP contribution in [-0.4, -0.2) is 89.4 Å². The summed E-state index contributed by atoms with van der Waals surface area (Å²) in [5.74, 6) is -3.44. The number of carbonyl (C=O) groups excluding carboxylic acids is 4. The van der Waals surface area contributed by atoms with E-state index >= 15 is 0 Å². The molecule has 3 rings (SSSR count). The molecule has 13 heteroatoms. The molecule has 0 bridgehead atoms. The average Bonchev–Trinajstić information content (AvgIpc) is 3.10. The number of carboxylic acid groups (broad SMARTS) is 1. The number of likely N-dealkylation sites (tertiary alicyclic amines) is 1. The Morgan fingerprint density at radius 2 is 1.28 bits per heavy atom. The van der Waals surface area contributed by atoms with Crippen molar-refractivity contribution in [2.24, 2.45) is 29.0 Å². The van der Waals surface area contributed by atoms with E-state index < -0.39 is 47.4 Å². The summed E-state index contributed by atoms with van der Waals surface area (Å²) in [7, 11) is 0. The van der Waals surface area contributed by atoms with Gasteiger partial charge in [-0.1, -0.05) is 74.5 Å². The number of rotatable bonds is 19. The first-order valence-electron chi connectivity index (χ1n) is 17.6. The fraction of sp³-hybridized carbons (Fsp3) is 0.541. The fourth-order valence-electron chi connectivity index (χ4n) is 6.09. The zero-order valence-electron chi connectivity index (χ0n) is 29.3. The predicted molar refractivity (Wildman–Crippen MR) is 191 cm³/mol. The molecule has 1 aliphatic heterocycles. The Morgan fingerprint density at radius 3 is 1.80 bits per heavy atom. The highest BCUT2D eigenvalue weighted by molar-refractivity contribution is 5.94. The number of aliphatic carboxylic acids is 1. The van der Waals surface area contributed by atoms with Crippen molar-refractivity contribution < 1.29 is 29.1 Å². The number of nitrogens with two attached hydrogens (primary N) is 3. The number of benzene rings is 2. The Morgan fingerprint density at radius 1 is 0.760 bits per heavy atom. The van der Waals surface area contributed by atoms with Gasteiger partial charge in [-0.25, -0.2) is 0 Å². The van der Waals surface area contributed by atoms with Crippen molar-refractivity contribution in [2.45, 2.75) is 88.9 Å². The highest BCUT2D eigenvalue weighted by Gasteiger charge is 2.40. The number of piperidine rings is 1. The third-order valence-corrected chi connectivity index (χ3v) is 9.19. The molecule has 0 spiro atoms. The summed E-state index contributed by atoms with van der Waals surface area (Å²) in [6.07, 6.45) is 2.60. The molecule has 2 aromatic carbocycles. The van der Waals surface area contributed by atoms with Crippen LogP contribution in [0.4, 0.5) is 0 Å². The van der Waals surface area contributed by atoms with Crippen molar-refractivity contribution in [1.29, 1.82) is 0 Å². The first-order valence-corrected chi connectivity index (χ1v) is 17.6. The second-order valence-corrected chi connectivity index (χ2v) is 13.7. The second kappa shape index (κ2) is 19.8. The third-order valence-electron chi connectivity index (χ3n) is 9.19. The Balaban J connectivity index is 1.79. The summed E-state index contributed by atoms with van der Waals surface area (Å²) in [6.45, 7) is 4.63. The molecular weight excluding hydrogens is 638 g/mol. The fourth-order valence-corrected chi connectivity index (χ4v) is 6.09. The second-order valence-electron chi connectivity index (χ2n) is 13.7. The number of carbonyl (C=O) groups is 5. The molecule has 1 aliphatic rings. The number of unbranched alkanes of at least 4 members (excludes halogenated alkanes) is 1. The standard InChI is InChI=1S/C37H55N7O6/c1-25(2)21-30(33(46)41-29(15-9-10-18-38)35(48)44-19-16-37(40,17-20-44)36(49)50)43-34(47)31(23-27-13-7-4-8-14-27)42-32(45)28(24-39)22-26-11-5-3-6-12-26/h3-8,11-14,25,28-31H,9-10,15-24,38-40H2,1-2H3,(H,41,46)(H,42,45)(H,43,47)(H,49,50)/t28-,29+,30+,31+/m0/s1. The number of carboxylic acids is 1. The number of hydrogen-bond donors (Lipinski definition) is 7. The van der Waals surface area contributed by atoms with Gasteiger partial charge in [-0.3, -0.25) is 24.0 Å². The molecule has 50 heavy (non-hydrogen) atoms. The SMILES string of the molecule is CC(C)C[C@@H](NC(=O)[C@@H](Cc1ccccc1)NC(=O)[C@H](CN)Cc1ccccc1)C(=O)N[C@H](CCCCN)C(=O)N1CCC(N)(C(=O)O)CC1. The van der Waals surface area contributed by atoms with Gasteiger partial charge in [-0.05, 0) is 68.5 Å². The molecule has 0 radical (unpaired) electrons. The van der Waals surface area contributed by atoms with Crippen LogP contribution in [0.2, 0.25) is 0 Å². The van der Waals surface area contributed by atoms with Gasteiger partial charge in [0.25, 0.3) is 0 Å². The highest BCUT2D eigenvalue weighted by Crippen LogP contribution is 2.21. The summed E-state index contributed by atoms with van der Waals surface area (Å²) < 4.78 is 0. The molecule has 1 saturated heterocycles. The van der Waals surface area contributed by atoms with Crippen molar-refractivity contribution in [1.82, 2.24) is 20.9 Å². The highest BCUT2D eigenvalue weighted by atomic mass is 16.4. The summed E-state index contributed by atoms with van der Waals surface area (Å²) in [6, 6.07) is 15.9. The molecule has 274 valence electrons. The summed E-state index contributed by atoms with van der Waals surface area (Å²) in [5.41, 5.74) is 18.1. The summed E-state index contributed by atoms with van der Waals surface area (Å²) >= 11 is 0. The molecular formula is C37H55N7O6. The van der Waals surface area contributed by atoms with Crippen LogP contribution in [0.1, 0.15) is 63.5 Å². The van der Waals surface area contributed by atoms with Crippen LogP contribution in [0, 0.1) is 11.8 Å². The normalized spacial score (nSPS) is 16.5. The molecule has 0 unspecified atom stereocenters. The van der Waals surface area contributed by atoms with Gasteiger partial charge >= 0.3 is 5.97 Å². The van der Waals surface area contributed by atoms with Gasteiger partial charge < -0.3 is 43.2 Å². The van der Waals surface area contributed by atoms with Gasteiger partial charge in [0, 0.05) is 26.1 Å². The lowest BCUT2D eigenvalue weighted by molar-refractivity contribution is -0.148. The zero-order valence-corrected chi connectivity index (χ0v) is 29.3. The number of hydrogen-bond acceptors (Lipinski definition) is 8. The largest absolute Gasteiger partial charge is 0.480 e. The molecule has 2 aromatic rings. The molecule has 10 N–H and O–H groups in total. The van der Waals surface area contributed by atoms with Crippen LogP contribution in [0.25, 0.3) is 0 Å². The van der Waals surface area contributed by atoms with Crippen LogP contribution >= 0.6 is 0 Å². The molecule has 1 fully saturated rings. The lowest BCUT2D eigenvalue weighted by Crippen LogP contribution is -2.60. The van der Waals surface area contributed by atoms with E-state index in [9.17, 15) is 29.1 Å². The van der Waals surface area contributed by atoms with Crippen molar-refractivity contribution in [3.05, 3.63) is 71.8 Å². The Labute approximate surface area is 295 Å². The number of nitrogens with one attached hydrogen (secondary N) is 3. The van der Waals surface area contributed by atoms with E-state index in [0.717, 1.165) is 11.1 Å². The average molecular weight is 694 g/mol. The minimum Gasteiger partial charge on any atom is -0.480 e. The maximum absolute atomic E-state index is 14.0. The first-order chi connectivity index (χ1) is 23.9. The molecule has 1 heterocycles. The third kappa shape index (κ3) is 12.2. The monoisotopic (exact) mass is 693 g/mol. The van der Waals surface area contributed by atoms with Gasteiger partial charge in [0.2, 0.25) is 23.6 Å². The van der Waals surface area contributed by atoms with Crippen LogP contribution in [0.3, 0.4) is 0 Å². The van der Waals surface area contributed by atoms with Gasteiger partial charge in [-0.2, -0.15) is 0 Å². The lowest BCUT2D eigenvalue weighted by Gasteiger charge is -2.38. The van der Waals surface area contributed by atoms with Crippen molar-refractivity contribution in [3.63, 3.8) is 0 Å². The van der Waals surface area contributed by atoms with Gasteiger partial charge in [0.05, 0.1) is 5.92 Å². The van der Waals surface area contributed by atoms with Gasteiger partial charge in [0.15, 0.2) is 0 Å². The van der Waals surface area contributed by atoms with Gasteiger partial charge in [0.1, 0.15) is 23.7 Å². The minimum absolute atomic E-state index is 0.00268. The van der Waals surface area contributed by atoms with E-state index in [1.165, 1.54) is 4.90 Å². The Hall–Kier alpha value is -4.33. The smallest absolute Gasteiger partial charge is 0.323 e. The predicted octanol–water partition coefficient (Wildman–Crippen LogP) is 1.08. The molecule has 0 aliphatic carbocycles. The molecule has 0 saturated carbocycles. The van der Waals surface area contributed by atoms with E-state index in [2.05, 4.69) is 16.0 Å². The van der Waals surface area contributed by atoms with E-state index in [1.54, 1.807) is 0 Å². The summed E-state index contributed by atoms with van der Waals surface area (Å²) in [5, 5.41) is 18.2. The molecule has 4 atom stereocenters.